The van der Waals surface area contributed by atoms with E-state index in [1.165, 1.54) is 18.4 Å². The molecular formula is C15H19NO2. The van der Waals surface area contributed by atoms with E-state index in [0.29, 0.717) is 12.1 Å². The highest BCUT2D eigenvalue weighted by Crippen LogP contribution is 2.39. The van der Waals surface area contributed by atoms with Gasteiger partial charge in [0.25, 0.3) is 0 Å². The largest absolute Gasteiger partial charge is 0.481 e. The molecule has 3 atom stereocenters. The van der Waals surface area contributed by atoms with Gasteiger partial charge in [-0.3, -0.25) is 9.69 Å². The van der Waals surface area contributed by atoms with Crippen LogP contribution in [0.4, 0.5) is 0 Å². The SMILES string of the molecule is O=C(O)C1C[C@H]2CC[C@@H](C1)N2Cc1ccccc1. The van der Waals surface area contributed by atoms with Gasteiger partial charge in [0.2, 0.25) is 0 Å². The van der Waals surface area contributed by atoms with Gasteiger partial charge in [0.05, 0.1) is 5.92 Å². The van der Waals surface area contributed by atoms with Gasteiger partial charge in [0.1, 0.15) is 0 Å². The lowest BCUT2D eigenvalue weighted by Gasteiger charge is -2.37. The molecule has 2 heterocycles. The Labute approximate surface area is 107 Å². The van der Waals surface area contributed by atoms with Crippen molar-refractivity contribution >= 4 is 5.97 Å². The molecule has 96 valence electrons. The average molecular weight is 245 g/mol. The highest BCUT2D eigenvalue weighted by Gasteiger charge is 2.42. The zero-order chi connectivity index (χ0) is 12.5. The third-order valence-electron chi connectivity index (χ3n) is 4.44. The van der Waals surface area contributed by atoms with Gasteiger partial charge in [-0.05, 0) is 31.2 Å². The highest BCUT2D eigenvalue weighted by molar-refractivity contribution is 5.70. The van der Waals surface area contributed by atoms with E-state index >= 15 is 0 Å². The molecule has 1 aromatic carbocycles. The number of piperidine rings is 1. The van der Waals surface area contributed by atoms with Crippen LogP contribution in [0.5, 0.6) is 0 Å². The minimum atomic E-state index is -0.605. The normalized spacial score (nSPS) is 31.4. The number of carboxylic acids is 1. The third-order valence-corrected chi connectivity index (χ3v) is 4.44. The number of carboxylic acid groups (broad SMARTS) is 1. The Morgan fingerprint density at radius 1 is 1.17 bits per heavy atom. The fourth-order valence-corrected chi connectivity index (χ4v) is 3.53. The second-order valence-corrected chi connectivity index (χ2v) is 5.55. The Balaban J connectivity index is 1.71. The lowest BCUT2D eigenvalue weighted by Crippen LogP contribution is -2.44. The van der Waals surface area contributed by atoms with Gasteiger partial charge in [-0.15, -0.1) is 0 Å². The van der Waals surface area contributed by atoms with Crippen molar-refractivity contribution in [1.82, 2.24) is 4.90 Å². The van der Waals surface area contributed by atoms with Crippen LogP contribution in [0, 0.1) is 5.92 Å². The zero-order valence-corrected chi connectivity index (χ0v) is 10.5. The van der Waals surface area contributed by atoms with Crippen molar-refractivity contribution in [3.8, 4) is 0 Å². The molecule has 3 rings (SSSR count). The summed E-state index contributed by atoms with van der Waals surface area (Å²) in [6.45, 7) is 0.975. The first-order chi connectivity index (χ1) is 8.74. The van der Waals surface area contributed by atoms with Crippen LogP contribution >= 0.6 is 0 Å². The van der Waals surface area contributed by atoms with E-state index in [4.69, 9.17) is 5.11 Å². The van der Waals surface area contributed by atoms with Gasteiger partial charge < -0.3 is 5.11 Å². The maximum atomic E-state index is 11.1. The first-order valence-electron chi connectivity index (χ1n) is 6.76. The summed E-state index contributed by atoms with van der Waals surface area (Å²) < 4.78 is 0. The Kier molecular flexibility index (Phi) is 3.08. The lowest BCUT2D eigenvalue weighted by atomic mass is 9.90. The van der Waals surface area contributed by atoms with E-state index in [9.17, 15) is 4.79 Å². The van der Waals surface area contributed by atoms with Crippen molar-refractivity contribution in [2.75, 3.05) is 0 Å². The van der Waals surface area contributed by atoms with Crippen LogP contribution in [0.2, 0.25) is 0 Å². The summed E-state index contributed by atoms with van der Waals surface area (Å²) in [6, 6.07) is 11.4. The predicted octanol–water partition coefficient (Wildman–Crippen LogP) is 2.51. The number of hydrogen-bond donors (Lipinski definition) is 1. The molecule has 0 radical (unpaired) electrons. The summed E-state index contributed by atoms with van der Waals surface area (Å²) in [7, 11) is 0. The van der Waals surface area contributed by atoms with Gasteiger partial charge in [-0.25, -0.2) is 0 Å². The van der Waals surface area contributed by atoms with Crippen molar-refractivity contribution in [1.29, 1.82) is 0 Å². The number of fused-ring (bicyclic) bond motifs is 2. The van der Waals surface area contributed by atoms with Crippen LogP contribution in [0.15, 0.2) is 30.3 Å². The molecule has 0 saturated carbocycles. The predicted molar refractivity (Wildman–Crippen MR) is 69.2 cm³/mol. The Hall–Kier alpha value is -1.35. The summed E-state index contributed by atoms with van der Waals surface area (Å²) in [5.74, 6) is -0.721. The van der Waals surface area contributed by atoms with Crippen molar-refractivity contribution in [2.45, 2.75) is 44.3 Å². The fourth-order valence-electron chi connectivity index (χ4n) is 3.53. The topological polar surface area (TPSA) is 40.5 Å². The lowest BCUT2D eigenvalue weighted by molar-refractivity contribution is -0.144. The van der Waals surface area contributed by atoms with Crippen LogP contribution in [0.25, 0.3) is 0 Å². The van der Waals surface area contributed by atoms with Gasteiger partial charge in [0, 0.05) is 18.6 Å². The molecule has 2 saturated heterocycles. The minimum Gasteiger partial charge on any atom is -0.481 e. The molecule has 18 heavy (non-hydrogen) atoms. The first-order valence-corrected chi connectivity index (χ1v) is 6.76. The van der Waals surface area contributed by atoms with Crippen LogP contribution in [0.3, 0.4) is 0 Å². The molecule has 0 aromatic heterocycles. The molecule has 2 bridgehead atoms. The molecule has 0 spiro atoms. The van der Waals surface area contributed by atoms with Crippen molar-refractivity contribution in [3.05, 3.63) is 35.9 Å². The molecule has 0 amide bonds. The van der Waals surface area contributed by atoms with Crippen molar-refractivity contribution in [3.63, 3.8) is 0 Å². The molecule has 1 aromatic rings. The molecular weight excluding hydrogens is 226 g/mol. The smallest absolute Gasteiger partial charge is 0.306 e. The van der Waals surface area contributed by atoms with E-state index in [-0.39, 0.29) is 5.92 Å². The van der Waals surface area contributed by atoms with Gasteiger partial charge in [-0.1, -0.05) is 30.3 Å². The number of rotatable bonds is 3. The van der Waals surface area contributed by atoms with Gasteiger partial charge >= 0.3 is 5.97 Å². The number of carbonyl (C=O) groups is 1. The Morgan fingerprint density at radius 3 is 2.33 bits per heavy atom. The van der Waals surface area contributed by atoms with Crippen LogP contribution in [-0.4, -0.2) is 28.1 Å². The highest BCUT2D eigenvalue weighted by atomic mass is 16.4. The third kappa shape index (κ3) is 2.15. The summed E-state index contributed by atoms with van der Waals surface area (Å²) in [5, 5.41) is 9.16. The molecule has 3 heteroatoms. The van der Waals surface area contributed by atoms with E-state index in [1.54, 1.807) is 0 Å². The average Bonchev–Trinajstić information content (AvgIpc) is 2.62. The van der Waals surface area contributed by atoms with Crippen molar-refractivity contribution in [2.24, 2.45) is 5.92 Å². The summed E-state index contributed by atoms with van der Waals surface area (Å²) in [4.78, 5) is 13.6. The Morgan fingerprint density at radius 2 is 1.78 bits per heavy atom. The maximum Gasteiger partial charge on any atom is 0.306 e. The van der Waals surface area contributed by atoms with Crippen molar-refractivity contribution < 1.29 is 9.90 Å². The summed E-state index contributed by atoms with van der Waals surface area (Å²) >= 11 is 0. The zero-order valence-electron chi connectivity index (χ0n) is 10.5. The van der Waals surface area contributed by atoms with E-state index in [0.717, 1.165) is 19.4 Å². The monoisotopic (exact) mass is 245 g/mol. The second kappa shape index (κ2) is 4.73. The Bertz CT molecular complexity index is 417. The number of aliphatic carboxylic acids is 1. The standard InChI is InChI=1S/C15H19NO2/c17-15(18)12-8-13-6-7-14(9-12)16(13)10-11-4-2-1-3-5-11/h1-5,12-14H,6-10H2,(H,17,18)/t12?,13-,14+. The number of nitrogens with zero attached hydrogens (tertiary/aromatic N) is 1. The first kappa shape index (κ1) is 11.7. The molecule has 2 fully saturated rings. The van der Waals surface area contributed by atoms with E-state index in [1.807, 2.05) is 6.07 Å². The fraction of sp³-hybridized carbons (Fsp3) is 0.533. The molecule has 2 aliphatic heterocycles. The minimum absolute atomic E-state index is 0.116. The number of benzene rings is 1. The van der Waals surface area contributed by atoms with E-state index in [2.05, 4.69) is 29.2 Å². The van der Waals surface area contributed by atoms with Gasteiger partial charge in [-0.2, -0.15) is 0 Å². The second-order valence-electron chi connectivity index (χ2n) is 5.55. The van der Waals surface area contributed by atoms with Crippen LogP contribution in [-0.2, 0) is 11.3 Å². The number of hydrogen-bond acceptors (Lipinski definition) is 2. The van der Waals surface area contributed by atoms with Crippen LogP contribution in [0.1, 0.15) is 31.2 Å². The molecule has 2 aliphatic rings. The van der Waals surface area contributed by atoms with E-state index < -0.39 is 5.97 Å². The quantitative estimate of drug-likeness (QED) is 0.889. The summed E-state index contributed by atoms with van der Waals surface area (Å²) in [5.41, 5.74) is 1.34. The molecule has 1 N–H and O–H groups in total. The van der Waals surface area contributed by atoms with Gasteiger partial charge in [0.15, 0.2) is 0 Å². The molecule has 0 aliphatic carbocycles. The molecule has 3 nitrogen and oxygen atoms in total. The van der Waals surface area contributed by atoms with Crippen LogP contribution < -0.4 is 0 Å². The summed E-state index contributed by atoms with van der Waals surface area (Å²) in [6.07, 6.45) is 4.00. The maximum absolute atomic E-state index is 11.1. The molecule has 1 unspecified atom stereocenters.